The Morgan fingerprint density at radius 1 is 1.04 bits per heavy atom. The first kappa shape index (κ1) is 15.3. The summed E-state index contributed by atoms with van der Waals surface area (Å²) in [5.74, 6) is 0. The van der Waals surface area contributed by atoms with Gasteiger partial charge in [0.05, 0.1) is 19.3 Å². The largest absolute Gasteiger partial charge is 0.378 e. The van der Waals surface area contributed by atoms with Crippen molar-refractivity contribution in [2.75, 3.05) is 13.2 Å². The molecule has 4 rings (SSSR count). The van der Waals surface area contributed by atoms with Crippen molar-refractivity contribution < 1.29 is 9.53 Å². The van der Waals surface area contributed by atoms with Gasteiger partial charge in [0.1, 0.15) is 0 Å². The smallest absolute Gasteiger partial charge is 0.150 e. The van der Waals surface area contributed by atoms with Gasteiger partial charge < -0.3 is 4.74 Å². The number of rotatable bonds is 4. The van der Waals surface area contributed by atoms with Crippen molar-refractivity contribution in [3.8, 4) is 0 Å². The van der Waals surface area contributed by atoms with Gasteiger partial charge in [0.15, 0.2) is 6.29 Å². The standard InChI is InChI=1S/C21H21NO2/c23-13-17-8-4-5-9-21(17)18-10-19-14-24-15-20(11-18)22(19)12-16-6-2-1-3-7-16/h1-10,13,19-20H,11-12,14-15H2. The molecule has 2 aliphatic rings. The van der Waals surface area contributed by atoms with Gasteiger partial charge in [-0.05, 0) is 23.1 Å². The Bertz CT molecular complexity index is 753. The predicted molar refractivity (Wildman–Crippen MR) is 94.8 cm³/mol. The third-order valence-electron chi connectivity index (χ3n) is 4.98. The SMILES string of the molecule is O=Cc1ccccc1C1=CC2COCC(C1)N2Cc1ccccc1. The van der Waals surface area contributed by atoms with Gasteiger partial charge in [0, 0.05) is 18.2 Å². The zero-order valence-corrected chi connectivity index (χ0v) is 13.6. The van der Waals surface area contributed by atoms with Crippen LogP contribution in [0.3, 0.4) is 0 Å². The van der Waals surface area contributed by atoms with E-state index < -0.39 is 0 Å². The molecule has 2 aromatic rings. The topological polar surface area (TPSA) is 29.5 Å². The van der Waals surface area contributed by atoms with Crippen LogP contribution in [0.1, 0.15) is 27.9 Å². The van der Waals surface area contributed by atoms with Gasteiger partial charge in [0.2, 0.25) is 0 Å². The zero-order chi connectivity index (χ0) is 16.4. The van der Waals surface area contributed by atoms with Crippen molar-refractivity contribution in [1.82, 2.24) is 4.90 Å². The van der Waals surface area contributed by atoms with E-state index in [0.717, 1.165) is 43.6 Å². The predicted octanol–water partition coefficient (Wildman–Crippen LogP) is 3.56. The Morgan fingerprint density at radius 2 is 1.83 bits per heavy atom. The van der Waals surface area contributed by atoms with Crippen LogP contribution in [0.5, 0.6) is 0 Å². The highest BCUT2D eigenvalue weighted by atomic mass is 16.5. The van der Waals surface area contributed by atoms with Crippen LogP contribution in [0.4, 0.5) is 0 Å². The number of nitrogens with zero attached hydrogens (tertiary/aromatic N) is 1. The Labute approximate surface area is 142 Å². The zero-order valence-electron chi connectivity index (χ0n) is 13.6. The second-order valence-corrected chi connectivity index (χ2v) is 6.52. The third-order valence-corrected chi connectivity index (χ3v) is 4.98. The Hall–Kier alpha value is -2.23. The van der Waals surface area contributed by atoms with E-state index in [9.17, 15) is 4.79 Å². The molecule has 1 saturated heterocycles. The third kappa shape index (κ3) is 2.93. The van der Waals surface area contributed by atoms with Crippen LogP contribution in [-0.4, -0.2) is 36.5 Å². The van der Waals surface area contributed by atoms with E-state index in [0.29, 0.717) is 6.04 Å². The highest BCUT2D eigenvalue weighted by Crippen LogP contribution is 2.34. The second-order valence-electron chi connectivity index (χ2n) is 6.52. The number of fused-ring (bicyclic) bond motifs is 2. The number of hydrogen-bond donors (Lipinski definition) is 0. The van der Waals surface area contributed by atoms with Crippen molar-refractivity contribution in [3.63, 3.8) is 0 Å². The number of benzene rings is 2. The molecule has 2 aromatic carbocycles. The monoisotopic (exact) mass is 319 g/mol. The normalized spacial score (nSPS) is 23.6. The molecule has 24 heavy (non-hydrogen) atoms. The van der Waals surface area contributed by atoms with Gasteiger partial charge in [-0.3, -0.25) is 9.69 Å². The fourth-order valence-corrected chi connectivity index (χ4v) is 3.79. The van der Waals surface area contributed by atoms with E-state index in [2.05, 4.69) is 47.4 Å². The summed E-state index contributed by atoms with van der Waals surface area (Å²) in [6.07, 6.45) is 4.17. The molecule has 2 unspecified atom stereocenters. The molecule has 2 aliphatic heterocycles. The molecular weight excluding hydrogens is 298 g/mol. The van der Waals surface area contributed by atoms with Crippen LogP contribution >= 0.6 is 0 Å². The highest BCUT2D eigenvalue weighted by Gasteiger charge is 2.35. The summed E-state index contributed by atoms with van der Waals surface area (Å²) in [6, 6.07) is 19.1. The van der Waals surface area contributed by atoms with E-state index in [4.69, 9.17) is 4.74 Å². The molecule has 3 nitrogen and oxygen atoms in total. The molecule has 0 saturated carbocycles. The summed E-state index contributed by atoms with van der Waals surface area (Å²) >= 11 is 0. The molecule has 0 radical (unpaired) electrons. The number of morpholine rings is 1. The molecule has 3 heteroatoms. The minimum Gasteiger partial charge on any atom is -0.378 e. The first-order chi connectivity index (χ1) is 11.8. The van der Waals surface area contributed by atoms with Crippen LogP contribution in [-0.2, 0) is 11.3 Å². The molecule has 2 bridgehead atoms. The molecule has 0 aliphatic carbocycles. The fraction of sp³-hybridized carbons (Fsp3) is 0.286. The number of carbonyl (C=O) groups excluding carboxylic acids is 1. The molecule has 2 atom stereocenters. The van der Waals surface area contributed by atoms with Crippen molar-refractivity contribution in [1.29, 1.82) is 0 Å². The Morgan fingerprint density at radius 3 is 2.62 bits per heavy atom. The maximum Gasteiger partial charge on any atom is 0.150 e. The maximum absolute atomic E-state index is 11.4. The van der Waals surface area contributed by atoms with Gasteiger partial charge in [0.25, 0.3) is 0 Å². The first-order valence-corrected chi connectivity index (χ1v) is 8.48. The fourth-order valence-electron chi connectivity index (χ4n) is 3.79. The molecule has 0 N–H and O–H groups in total. The van der Waals surface area contributed by atoms with E-state index in [1.807, 2.05) is 18.2 Å². The van der Waals surface area contributed by atoms with Gasteiger partial charge in [-0.25, -0.2) is 0 Å². The van der Waals surface area contributed by atoms with Crippen LogP contribution in [0.25, 0.3) is 5.57 Å². The summed E-state index contributed by atoms with van der Waals surface area (Å²) < 4.78 is 5.79. The molecule has 0 aromatic heterocycles. The van der Waals surface area contributed by atoms with Gasteiger partial charge in [-0.15, -0.1) is 0 Å². The Kier molecular flexibility index (Phi) is 4.28. The van der Waals surface area contributed by atoms with Crippen molar-refractivity contribution >= 4 is 11.9 Å². The summed E-state index contributed by atoms with van der Waals surface area (Å²) in [5.41, 5.74) is 4.46. The molecular formula is C21H21NO2. The summed E-state index contributed by atoms with van der Waals surface area (Å²) in [4.78, 5) is 13.9. The maximum atomic E-state index is 11.4. The number of hydrogen-bond acceptors (Lipinski definition) is 3. The first-order valence-electron chi connectivity index (χ1n) is 8.48. The van der Waals surface area contributed by atoms with Crippen LogP contribution in [0.15, 0.2) is 60.7 Å². The molecule has 1 fully saturated rings. The lowest BCUT2D eigenvalue weighted by Gasteiger charge is -2.45. The summed E-state index contributed by atoms with van der Waals surface area (Å²) in [5, 5.41) is 0. The highest BCUT2D eigenvalue weighted by molar-refractivity contribution is 5.86. The van der Waals surface area contributed by atoms with E-state index in [-0.39, 0.29) is 6.04 Å². The number of aldehydes is 1. The van der Waals surface area contributed by atoms with Crippen LogP contribution in [0, 0.1) is 0 Å². The van der Waals surface area contributed by atoms with E-state index >= 15 is 0 Å². The lowest BCUT2D eigenvalue weighted by atomic mass is 9.87. The molecule has 2 heterocycles. The van der Waals surface area contributed by atoms with Crippen molar-refractivity contribution in [3.05, 3.63) is 77.4 Å². The average molecular weight is 319 g/mol. The molecule has 0 spiro atoms. The van der Waals surface area contributed by atoms with E-state index in [1.165, 1.54) is 11.1 Å². The van der Waals surface area contributed by atoms with Crippen LogP contribution < -0.4 is 0 Å². The summed E-state index contributed by atoms with van der Waals surface area (Å²) in [7, 11) is 0. The lowest BCUT2D eigenvalue weighted by molar-refractivity contribution is -0.0402. The van der Waals surface area contributed by atoms with Gasteiger partial charge in [-0.1, -0.05) is 60.7 Å². The van der Waals surface area contributed by atoms with Crippen molar-refractivity contribution in [2.45, 2.75) is 25.0 Å². The average Bonchev–Trinajstić information content (AvgIpc) is 2.62. The minimum absolute atomic E-state index is 0.271. The minimum atomic E-state index is 0.271. The van der Waals surface area contributed by atoms with Gasteiger partial charge >= 0.3 is 0 Å². The second kappa shape index (κ2) is 6.71. The van der Waals surface area contributed by atoms with Gasteiger partial charge in [-0.2, -0.15) is 0 Å². The number of carbonyl (C=O) groups is 1. The Balaban J connectivity index is 1.63. The lowest BCUT2D eigenvalue weighted by Crippen LogP contribution is -2.53. The van der Waals surface area contributed by atoms with Crippen LogP contribution in [0.2, 0.25) is 0 Å². The van der Waals surface area contributed by atoms with E-state index in [1.54, 1.807) is 0 Å². The quantitative estimate of drug-likeness (QED) is 0.807. The number of ether oxygens (including phenoxy) is 1. The molecule has 122 valence electrons. The summed E-state index contributed by atoms with van der Waals surface area (Å²) in [6.45, 7) is 2.42. The molecule has 0 amide bonds. The van der Waals surface area contributed by atoms with Crippen molar-refractivity contribution in [2.24, 2.45) is 0 Å².